The second-order valence-electron chi connectivity index (χ2n) is 4.92. The zero-order valence-electron chi connectivity index (χ0n) is 12.9. The number of carbonyl (C=O) groups excluding carboxylic acids is 2. The maximum atomic E-state index is 13.4. The van der Waals surface area contributed by atoms with Gasteiger partial charge in [0.05, 0.1) is 11.8 Å². The fraction of sp³-hybridized carbons (Fsp3) is 0.176. The molecule has 0 aliphatic rings. The first-order valence-electron chi connectivity index (χ1n) is 7.13. The predicted octanol–water partition coefficient (Wildman–Crippen LogP) is 2.41. The minimum atomic E-state index is -1.01. The Labute approximate surface area is 137 Å². The van der Waals surface area contributed by atoms with E-state index in [2.05, 4.69) is 10.6 Å². The first kappa shape index (κ1) is 17.6. The first-order valence-corrected chi connectivity index (χ1v) is 7.13. The van der Waals surface area contributed by atoms with Crippen molar-refractivity contribution in [3.05, 3.63) is 65.7 Å². The highest BCUT2D eigenvalue weighted by Crippen LogP contribution is 2.17. The molecule has 126 valence electrons. The van der Waals surface area contributed by atoms with Crippen LogP contribution in [0.2, 0.25) is 0 Å². The fourth-order valence-corrected chi connectivity index (χ4v) is 2.05. The molecule has 0 aromatic heterocycles. The largest absolute Gasteiger partial charge is 0.375 e. The van der Waals surface area contributed by atoms with Gasteiger partial charge in [-0.2, -0.15) is 0 Å². The van der Waals surface area contributed by atoms with Crippen LogP contribution in [0.5, 0.6) is 0 Å². The lowest BCUT2D eigenvalue weighted by Crippen LogP contribution is -2.38. The smallest absolute Gasteiger partial charge is 0.313 e. The minimum absolute atomic E-state index is 0.0382. The van der Waals surface area contributed by atoms with Gasteiger partial charge >= 0.3 is 11.8 Å². The van der Waals surface area contributed by atoms with Gasteiger partial charge in [-0.25, -0.2) is 8.78 Å². The molecule has 0 unspecified atom stereocenters. The molecule has 0 aliphatic heterocycles. The van der Waals surface area contributed by atoms with Gasteiger partial charge in [0, 0.05) is 13.7 Å². The Morgan fingerprint density at radius 1 is 1.08 bits per heavy atom. The molecule has 5 nitrogen and oxygen atoms in total. The average molecular weight is 334 g/mol. The molecule has 2 aromatic rings. The van der Waals surface area contributed by atoms with Crippen molar-refractivity contribution < 1.29 is 23.1 Å². The third kappa shape index (κ3) is 4.60. The van der Waals surface area contributed by atoms with Crippen molar-refractivity contribution in [1.82, 2.24) is 5.32 Å². The highest BCUT2D eigenvalue weighted by Gasteiger charge is 2.18. The average Bonchev–Trinajstić information content (AvgIpc) is 2.57. The number of ether oxygens (including phenoxy) is 1. The molecule has 0 saturated heterocycles. The van der Waals surface area contributed by atoms with Crippen LogP contribution in [-0.2, 0) is 14.3 Å². The molecule has 2 amide bonds. The van der Waals surface area contributed by atoms with E-state index in [-0.39, 0.29) is 12.2 Å². The third-order valence-electron chi connectivity index (χ3n) is 3.28. The summed E-state index contributed by atoms with van der Waals surface area (Å²) >= 11 is 0. The van der Waals surface area contributed by atoms with Gasteiger partial charge in [-0.3, -0.25) is 9.59 Å². The number of methoxy groups -OCH3 is 1. The van der Waals surface area contributed by atoms with E-state index >= 15 is 0 Å². The zero-order chi connectivity index (χ0) is 17.5. The molecule has 1 atom stereocenters. The maximum Gasteiger partial charge on any atom is 0.313 e. The third-order valence-corrected chi connectivity index (χ3v) is 3.28. The van der Waals surface area contributed by atoms with Crippen molar-refractivity contribution >= 4 is 17.5 Å². The molecule has 24 heavy (non-hydrogen) atoms. The Bertz CT molecular complexity index is 737. The van der Waals surface area contributed by atoms with Gasteiger partial charge in [0.1, 0.15) is 11.6 Å². The summed E-state index contributed by atoms with van der Waals surface area (Å²) in [6.07, 6.45) is -0.620. The van der Waals surface area contributed by atoms with E-state index < -0.39 is 29.6 Å². The van der Waals surface area contributed by atoms with Crippen LogP contribution in [0.15, 0.2) is 48.5 Å². The number of benzene rings is 2. The predicted molar refractivity (Wildman–Crippen MR) is 84.2 cm³/mol. The first-order chi connectivity index (χ1) is 11.5. The number of amides is 2. The number of hydrogen-bond donors (Lipinski definition) is 2. The lowest BCUT2D eigenvalue weighted by molar-refractivity contribution is -0.136. The normalized spacial score (nSPS) is 11.6. The highest BCUT2D eigenvalue weighted by atomic mass is 19.1. The summed E-state index contributed by atoms with van der Waals surface area (Å²) in [5, 5.41) is 4.54. The van der Waals surface area contributed by atoms with Crippen LogP contribution in [-0.4, -0.2) is 25.5 Å². The van der Waals surface area contributed by atoms with Crippen LogP contribution in [0.4, 0.5) is 14.5 Å². The molecule has 0 spiro atoms. The van der Waals surface area contributed by atoms with Crippen LogP contribution < -0.4 is 10.6 Å². The van der Waals surface area contributed by atoms with Gasteiger partial charge in [0.25, 0.3) is 0 Å². The quantitative estimate of drug-likeness (QED) is 0.825. The number of para-hydroxylation sites is 1. The van der Waals surface area contributed by atoms with E-state index in [4.69, 9.17) is 4.74 Å². The minimum Gasteiger partial charge on any atom is -0.375 e. The van der Waals surface area contributed by atoms with Crippen LogP contribution in [0.3, 0.4) is 0 Å². The van der Waals surface area contributed by atoms with Gasteiger partial charge < -0.3 is 15.4 Å². The molecular formula is C17H16F2N2O3. The van der Waals surface area contributed by atoms with Crippen LogP contribution in [0, 0.1) is 11.6 Å². The zero-order valence-corrected chi connectivity index (χ0v) is 12.9. The van der Waals surface area contributed by atoms with Gasteiger partial charge in [-0.05, 0) is 29.8 Å². The van der Waals surface area contributed by atoms with E-state index in [0.29, 0.717) is 5.56 Å². The molecule has 2 N–H and O–H groups in total. The molecule has 0 saturated carbocycles. The summed E-state index contributed by atoms with van der Waals surface area (Å²) in [6.45, 7) is -0.0382. The van der Waals surface area contributed by atoms with Gasteiger partial charge in [-0.1, -0.05) is 24.3 Å². The lowest BCUT2D eigenvalue weighted by atomic mass is 10.1. The number of nitrogens with one attached hydrogen (secondary N) is 2. The van der Waals surface area contributed by atoms with Gasteiger partial charge in [-0.15, -0.1) is 0 Å². The maximum absolute atomic E-state index is 13.4. The van der Waals surface area contributed by atoms with E-state index in [9.17, 15) is 18.4 Å². The number of carbonyl (C=O) groups is 2. The van der Waals surface area contributed by atoms with Crippen molar-refractivity contribution in [1.29, 1.82) is 0 Å². The Balaban J connectivity index is 1.94. The van der Waals surface area contributed by atoms with E-state index in [0.717, 1.165) is 0 Å². The van der Waals surface area contributed by atoms with Crippen molar-refractivity contribution in [2.45, 2.75) is 6.10 Å². The number of hydrogen-bond acceptors (Lipinski definition) is 3. The summed E-state index contributed by atoms with van der Waals surface area (Å²) in [4.78, 5) is 23.6. The van der Waals surface area contributed by atoms with Crippen molar-refractivity contribution in [2.75, 3.05) is 19.0 Å². The second kappa shape index (κ2) is 8.16. The molecule has 2 aromatic carbocycles. The van der Waals surface area contributed by atoms with Crippen LogP contribution >= 0.6 is 0 Å². The molecule has 0 radical (unpaired) electrons. The SMILES string of the molecule is CO[C@H](CNC(=O)C(=O)Nc1ccccc1F)c1cccc(F)c1. The summed E-state index contributed by atoms with van der Waals surface area (Å²) in [5.74, 6) is -3.03. The lowest BCUT2D eigenvalue weighted by Gasteiger charge is -2.16. The van der Waals surface area contributed by atoms with Gasteiger partial charge in [0.15, 0.2) is 0 Å². The summed E-state index contributed by atoms with van der Waals surface area (Å²) in [7, 11) is 1.40. The Morgan fingerprint density at radius 3 is 2.50 bits per heavy atom. The fourth-order valence-electron chi connectivity index (χ4n) is 2.05. The monoisotopic (exact) mass is 334 g/mol. The Kier molecular flexibility index (Phi) is 5.97. The summed E-state index contributed by atoms with van der Waals surface area (Å²) in [5.41, 5.74) is 0.429. The molecule has 0 bridgehead atoms. The molecule has 0 fully saturated rings. The number of anilines is 1. The summed E-state index contributed by atoms with van der Waals surface area (Å²) in [6, 6.07) is 11.2. The highest BCUT2D eigenvalue weighted by molar-refractivity contribution is 6.39. The summed E-state index contributed by atoms with van der Waals surface area (Å²) < 4.78 is 31.9. The second-order valence-corrected chi connectivity index (χ2v) is 4.92. The van der Waals surface area contributed by atoms with Crippen molar-refractivity contribution in [3.8, 4) is 0 Å². The Morgan fingerprint density at radius 2 is 1.83 bits per heavy atom. The van der Waals surface area contributed by atoms with Gasteiger partial charge in [0.2, 0.25) is 0 Å². The number of rotatable bonds is 5. The molecule has 7 heteroatoms. The number of halogens is 2. The topological polar surface area (TPSA) is 67.4 Å². The molecular weight excluding hydrogens is 318 g/mol. The molecule has 2 rings (SSSR count). The van der Waals surface area contributed by atoms with Crippen molar-refractivity contribution in [3.63, 3.8) is 0 Å². The Hall–Kier alpha value is -2.80. The van der Waals surface area contributed by atoms with E-state index in [1.165, 1.54) is 49.6 Å². The van der Waals surface area contributed by atoms with Crippen molar-refractivity contribution in [2.24, 2.45) is 0 Å². The standard InChI is InChI=1S/C17H16F2N2O3/c1-24-15(11-5-4-6-12(18)9-11)10-20-16(22)17(23)21-14-8-3-2-7-13(14)19/h2-9,15H,10H2,1H3,(H,20,22)(H,21,23)/t15-/m1/s1. The van der Waals surface area contributed by atoms with E-state index in [1.54, 1.807) is 6.07 Å². The van der Waals surface area contributed by atoms with E-state index in [1.807, 2.05) is 0 Å². The van der Waals surface area contributed by atoms with Crippen LogP contribution in [0.25, 0.3) is 0 Å². The molecule has 0 heterocycles. The van der Waals surface area contributed by atoms with Crippen LogP contribution in [0.1, 0.15) is 11.7 Å². The molecule has 0 aliphatic carbocycles.